The molecule has 0 spiro atoms. The molecule has 0 radical (unpaired) electrons. The number of halogens is 3. The number of imidazole rings is 1. The molecule has 26 heavy (non-hydrogen) atoms. The molecule has 1 aliphatic carbocycles. The van der Waals surface area contributed by atoms with Crippen LogP contribution in [-0.2, 0) is 24.2 Å². The van der Waals surface area contributed by atoms with Gasteiger partial charge in [-0.2, -0.15) is 0 Å². The Bertz CT molecular complexity index is 895. The highest BCUT2D eigenvalue weighted by atomic mass is 19.2. The first-order chi connectivity index (χ1) is 12.4. The van der Waals surface area contributed by atoms with Gasteiger partial charge in [0.1, 0.15) is 5.82 Å². The van der Waals surface area contributed by atoms with E-state index in [1.54, 1.807) is 4.90 Å². The number of benzene rings is 1. The number of nitrogens with zero attached hydrogens (tertiary/aromatic N) is 3. The molecule has 5 nitrogen and oxygen atoms in total. The van der Waals surface area contributed by atoms with Crippen molar-refractivity contribution in [3.8, 4) is 0 Å². The lowest BCUT2D eigenvalue weighted by Crippen LogP contribution is -2.39. The first-order valence-electron chi connectivity index (χ1n) is 8.63. The molecule has 0 saturated heterocycles. The minimum atomic E-state index is -1.22. The molecular formula is C18H19F3N4O. The van der Waals surface area contributed by atoms with Crippen molar-refractivity contribution in [1.29, 1.82) is 0 Å². The van der Waals surface area contributed by atoms with E-state index in [1.165, 1.54) is 6.92 Å². The molecule has 1 aromatic carbocycles. The number of nitrogens with two attached hydrogens (primary N) is 1. The minimum Gasteiger partial charge on any atom is -0.327 e. The van der Waals surface area contributed by atoms with Crippen LogP contribution < -0.4 is 10.6 Å². The van der Waals surface area contributed by atoms with Crippen molar-refractivity contribution in [2.75, 3.05) is 11.4 Å². The lowest BCUT2D eigenvalue weighted by Gasteiger charge is -2.31. The third kappa shape index (κ3) is 2.59. The van der Waals surface area contributed by atoms with Gasteiger partial charge in [0, 0.05) is 56.6 Å². The van der Waals surface area contributed by atoms with Crippen LogP contribution in [0.2, 0.25) is 0 Å². The van der Waals surface area contributed by atoms with Crippen molar-refractivity contribution >= 4 is 11.9 Å². The van der Waals surface area contributed by atoms with Crippen molar-refractivity contribution < 1.29 is 18.0 Å². The molecule has 2 N–H and O–H groups in total. The summed E-state index contributed by atoms with van der Waals surface area (Å²) in [5, 5.41) is 0. The standard InChI is InChI=1S/C18H19F3N4O/c1-9(26)24-3-2-4-25-17-8-15(22)11(6-16(17)23-18(24)25)10-5-13(20)14(21)7-12(10)19/h5,7,11,15H,2-4,6,8,22H2,1H3/t11-,15+/m1/s1. The molecule has 2 aliphatic rings. The highest BCUT2D eigenvalue weighted by molar-refractivity contribution is 5.90. The maximum atomic E-state index is 14.2. The molecule has 0 bridgehead atoms. The Labute approximate surface area is 148 Å². The second-order valence-electron chi connectivity index (χ2n) is 6.95. The van der Waals surface area contributed by atoms with Gasteiger partial charge in [-0.15, -0.1) is 0 Å². The Morgan fingerprint density at radius 2 is 1.88 bits per heavy atom. The van der Waals surface area contributed by atoms with Gasteiger partial charge in [0.15, 0.2) is 11.6 Å². The summed E-state index contributed by atoms with van der Waals surface area (Å²) in [6.07, 6.45) is 1.59. The van der Waals surface area contributed by atoms with E-state index in [2.05, 4.69) is 4.98 Å². The predicted molar refractivity (Wildman–Crippen MR) is 89.3 cm³/mol. The number of aromatic nitrogens is 2. The summed E-state index contributed by atoms with van der Waals surface area (Å²) in [7, 11) is 0. The molecule has 138 valence electrons. The van der Waals surface area contributed by atoms with Crippen LogP contribution in [0.25, 0.3) is 0 Å². The monoisotopic (exact) mass is 364 g/mol. The van der Waals surface area contributed by atoms with Gasteiger partial charge in [0.2, 0.25) is 11.9 Å². The van der Waals surface area contributed by atoms with E-state index in [4.69, 9.17) is 5.73 Å². The predicted octanol–water partition coefficient (Wildman–Crippen LogP) is 2.27. The minimum absolute atomic E-state index is 0.0662. The maximum Gasteiger partial charge on any atom is 0.226 e. The van der Waals surface area contributed by atoms with E-state index < -0.39 is 29.4 Å². The molecule has 2 atom stereocenters. The zero-order valence-corrected chi connectivity index (χ0v) is 14.3. The summed E-state index contributed by atoms with van der Waals surface area (Å²) in [4.78, 5) is 18.1. The summed E-state index contributed by atoms with van der Waals surface area (Å²) < 4.78 is 43.1. The van der Waals surface area contributed by atoms with Crippen LogP contribution >= 0.6 is 0 Å². The molecule has 0 unspecified atom stereocenters. The third-order valence-corrected chi connectivity index (χ3v) is 5.32. The second kappa shape index (κ2) is 6.12. The maximum absolute atomic E-state index is 14.2. The zero-order chi connectivity index (χ0) is 18.6. The molecule has 1 aliphatic heterocycles. The molecule has 1 aromatic heterocycles. The Morgan fingerprint density at radius 3 is 2.62 bits per heavy atom. The van der Waals surface area contributed by atoms with Crippen molar-refractivity contribution in [3.05, 3.63) is 46.5 Å². The number of hydrogen-bond donors (Lipinski definition) is 1. The Morgan fingerprint density at radius 1 is 1.15 bits per heavy atom. The van der Waals surface area contributed by atoms with Gasteiger partial charge in [0.05, 0.1) is 5.69 Å². The fraction of sp³-hybridized carbons (Fsp3) is 0.444. The summed E-state index contributed by atoms with van der Waals surface area (Å²) in [6, 6.07) is 0.996. The van der Waals surface area contributed by atoms with Gasteiger partial charge < -0.3 is 10.3 Å². The van der Waals surface area contributed by atoms with Gasteiger partial charge in [-0.3, -0.25) is 9.69 Å². The molecule has 0 saturated carbocycles. The van der Waals surface area contributed by atoms with E-state index in [0.29, 0.717) is 31.4 Å². The van der Waals surface area contributed by atoms with Crippen molar-refractivity contribution in [3.63, 3.8) is 0 Å². The van der Waals surface area contributed by atoms with Crippen LogP contribution in [0.4, 0.5) is 19.1 Å². The summed E-state index contributed by atoms with van der Waals surface area (Å²) >= 11 is 0. The molecule has 4 rings (SSSR count). The van der Waals surface area contributed by atoms with Crippen LogP contribution in [0.3, 0.4) is 0 Å². The fourth-order valence-electron chi connectivity index (χ4n) is 4.03. The third-order valence-electron chi connectivity index (χ3n) is 5.32. The van der Waals surface area contributed by atoms with E-state index in [1.807, 2.05) is 4.57 Å². The topological polar surface area (TPSA) is 64.2 Å². The average Bonchev–Trinajstić information content (AvgIpc) is 2.95. The quantitative estimate of drug-likeness (QED) is 0.790. The smallest absolute Gasteiger partial charge is 0.226 e. The normalized spacial score (nSPS) is 22.1. The van der Waals surface area contributed by atoms with Crippen molar-refractivity contribution in [2.45, 2.75) is 44.7 Å². The van der Waals surface area contributed by atoms with E-state index >= 15 is 0 Å². The average molecular weight is 364 g/mol. The largest absolute Gasteiger partial charge is 0.327 e. The van der Waals surface area contributed by atoms with E-state index in [0.717, 1.165) is 30.4 Å². The lowest BCUT2D eigenvalue weighted by molar-refractivity contribution is -0.116. The molecule has 0 fully saturated rings. The highest BCUT2D eigenvalue weighted by Crippen LogP contribution is 2.37. The number of amides is 1. The van der Waals surface area contributed by atoms with E-state index in [-0.39, 0.29) is 11.5 Å². The zero-order valence-electron chi connectivity index (χ0n) is 14.3. The van der Waals surface area contributed by atoms with Crippen molar-refractivity contribution in [1.82, 2.24) is 9.55 Å². The summed E-state index contributed by atoms with van der Waals surface area (Å²) in [6.45, 7) is 2.85. The Kier molecular flexibility index (Phi) is 4.02. The number of carbonyl (C=O) groups excluding carboxylic acids is 1. The van der Waals surface area contributed by atoms with Crippen molar-refractivity contribution in [2.24, 2.45) is 5.73 Å². The van der Waals surface area contributed by atoms with E-state index in [9.17, 15) is 18.0 Å². The lowest BCUT2D eigenvalue weighted by atomic mass is 9.80. The van der Waals surface area contributed by atoms with Crippen LogP contribution in [0.1, 0.15) is 36.2 Å². The molecule has 8 heteroatoms. The summed E-state index contributed by atoms with van der Waals surface area (Å²) in [5.74, 6) is -3.10. The van der Waals surface area contributed by atoms with Crippen LogP contribution in [-0.4, -0.2) is 28.0 Å². The fourth-order valence-corrected chi connectivity index (χ4v) is 4.03. The molecule has 1 amide bonds. The number of fused-ring (bicyclic) bond motifs is 3. The van der Waals surface area contributed by atoms with Gasteiger partial charge >= 0.3 is 0 Å². The molecule has 2 aromatic rings. The second-order valence-corrected chi connectivity index (χ2v) is 6.95. The molecular weight excluding hydrogens is 345 g/mol. The number of hydrogen-bond acceptors (Lipinski definition) is 3. The Hall–Kier alpha value is -2.35. The Balaban J connectivity index is 1.74. The van der Waals surface area contributed by atoms with Crippen LogP contribution in [0, 0.1) is 17.5 Å². The summed E-state index contributed by atoms with van der Waals surface area (Å²) in [5.41, 5.74) is 8.01. The van der Waals surface area contributed by atoms with Gasteiger partial charge in [-0.05, 0) is 18.1 Å². The number of anilines is 1. The first kappa shape index (κ1) is 17.1. The molecule has 2 heterocycles. The van der Waals surface area contributed by atoms with Crippen LogP contribution in [0.5, 0.6) is 0 Å². The highest BCUT2D eigenvalue weighted by Gasteiger charge is 2.36. The van der Waals surface area contributed by atoms with Gasteiger partial charge in [-0.25, -0.2) is 18.2 Å². The van der Waals surface area contributed by atoms with Gasteiger partial charge in [-0.1, -0.05) is 0 Å². The number of carbonyl (C=O) groups is 1. The van der Waals surface area contributed by atoms with Gasteiger partial charge in [0.25, 0.3) is 0 Å². The van der Waals surface area contributed by atoms with Crippen LogP contribution in [0.15, 0.2) is 12.1 Å². The number of rotatable bonds is 1. The SMILES string of the molecule is CC(=O)N1CCCn2c1nc1c2C[C@H](N)[C@@H](c2cc(F)c(F)cc2F)C1. The first-order valence-corrected chi connectivity index (χ1v) is 8.63.